The fraction of sp³-hybridized carbons (Fsp3) is 0.381. The maximum atomic E-state index is 12.0. The second-order valence-corrected chi connectivity index (χ2v) is 6.50. The fourth-order valence-electron chi connectivity index (χ4n) is 3.41. The van der Waals surface area contributed by atoms with Crippen LogP contribution in [0.3, 0.4) is 0 Å². The molecule has 0 saturated carbocycles. The van der Waals surface area contributed by atoms with Gasteiger partial charge in [0.15, 0.2) is 0 Å². The zero-order valence-electron chi connectivity index (χ0n) is 15.0. The highest BCUT2D eigenvalue weighted by atomic mass is 16.5. The SMILES string of the molecule is NCCCNCCCNC(=O)OCC1c2ccccc2-c2ccccc21. The highest BCUT2D eigenvalue weighted by molar-refractivity contribution is 5.79. The lowest BCUT2D eigenvalue weighted by atomic mass is 9.98. The van der Waals surface area contributed by atoms with Crippen LogP contribution in [-0.2, 0) is 4.74 Å². The minimum Gasteiger partial charge on any atom is -0.449 e. The van der Waals surface area contributed by atoms with Crippen molar-refractivity contribution in [2.45, 2.75) is 18.8 Å². The number of benzene rings is 2. The lowest BCUT2D eigenvalue weighted by Gasteiger charge is -2.14. The van der Waals surface area contributed by atoms with Gasteiger partial charge in [0.25, 0.3) is 0 Å². The highest BCUT2D eigenvalue weighted by Gasteiger charge is 2.28. The Morgan fingerprint density at radius 1 is 0.923 bits per heavy atom. The van der Waals surface area contributed by atoms with E-state index < -0.39 is 0 Å². The topological polar surface area (TPSA) is 76.4 Å². The predicted molar refractivity (Wildman–Crippen MR) is 104 cm³/mol. The van der Waals surface area contributed by atoms with Gasteiger partial charge in [-0.05, 0) is 54.7 Å². The molecule has 2 aromatic carbocycles. The van der Waals surface area contributed by atoms with Gasteiger partial charge in [0.2, 0.25) is 0 Å². The first-order valence-corrected chi connectivity index (χ1v) is 9.31. The molecule has 0 fully saturated rings. The van der Waals surface area contributed by atoms with Crippen LogP contribution in [0, 0.1) is 0 Å². The van der Waals surface area contributed by atoms with Crippen molar-refractivity contribution in [2.24, 2.45) is 5.73 Å². The molecule has 5 heteroatoms. The molecule has 0 radical (unpaired) electrons. The van der Waals surface area contributed by atoms with E-state index in [0.717, 1.165) is 25.9 Å². The Balaban J connectivity index is 1.47. The van der Waals surface area contributed by atoms with Crippen molar-refractivity contribution >= 4 is 6.09 Å². The van der Waals surface area contributed by atoms with Crippen molar-refractivity contribution < 1.29 is 9.53 Å². The molecule has 1 aliphatic rings. The number of alkyl carbamates (subject to hydrolysis) is 1. The number of hydrogen-bond donors (Lipinski definition) is 3. The minimum absolute atomic E-state index is 0.103. The number of fused-ring (bicyclic) bond motifs is 3. The van der Waals surface area contributed by atoms with Gasteiger partial charge in [-0.1, -0.05) is 48.5 Å². The average molecular weight is 353 g/mol. The zero-order chi connectivity index (χ0) is 18.2. The molecule has 0 heterocycles. The van der Waals surface area contributed by atoms with E-state index >= 15 is 0 Å². The number of nitrogens with two attached hydrogens (primary N) is 1. The summed E-state index contributed by atoms with van der Waals surface area (Å²) in [4.78, 5) is 12.0. The average Bonchev–Trinajstić information content (AvgIpc) is 3.00. The monoisotopic (exact) mass is 353 g/mol. The van der Waals surface area contributed by atoms with E-state index in [0.29, 0.717) is 19.7 Å². The summed E-state index contributed by atoms with van der Waals surface area (Å²) >= 11 is 0. The summed E-state index contributed by atoms with van der Waals surface area (Å²) in [6.07, 6.45) is 1.49. The van der Waals surface area contributed by atoms with Crippen LogP contribution in [0.2, 0.25) is 0 Å². The second-order valence-electron chi connectivity index (χ2n) is 6.50. The summed E-state index contributed by atoms with van der Waals surface area (Å²) in [5.41, 5.74) is 10.4. The Morgan fingerprint density at radius 2 is 1.54 bits per heavy atom. The van der Waals surface area contributed by atoms with Crippen LogP contribution in [0.4, 0.5) is 4.79 Å². The zero-order valence-corrected chi connectivity index (χ0v) is 15.0. The van der Waals surface area contributed by atoms with Gasteiger partial charge in [-0.25, -0.2) is 4.79 Å². The van der Waals surface area contributed by atoms with Crippen molar-refractivity contribution in [1.82, 2.24) is 10.6 Å². The first-order chi connectivity index (χ1) is 12.8. The van der Waals surface area contributed by atoms with Gasteiger partial charge in [0.1, 0.15) is 6.61 Å². The van der Waals surface area contributed by atoms with Crippen LogP contribution in [0.25, 0.3) is 11.1 Å². The molecule has 3 rings (SSSR count). The third-order valence-corrected chi connectivity index (χ3v) is 4.70. The number of rotatable bonds is 9. The van der Waals surface area contributed by atoms with Gasteiger partial charge in [0.05, 0.1) is 0 Å². The number of carbonyl (C=O) groups is 1. The van der Waals surface area contributed by atoms with Crippen molar-refractivity contribution in [3.63, 3.8) is 0 Å². The Bertz CT molecular complexity index is 687. The van der Waals surface area contributed by atoms with Crippen molar-refractivity contribution in [3.8, 4) is 11.1 Å². The van der Waals surface area contributed by atoms with E-state index in [2.05, 4.69) is 34.9 Å². The molecule has 0 aliphatic heterocycles. The molecule has 138 valence electrons. The number of hydrogen-bond acceptors (Lipinski definition) is 4. The largest absolute Gasteiger partial charge is 0.449 e. The number of carbonyl (C=O) groups excluding carboxylic acids is 1. The summed E-state index contributed by atoms with van der Waals surface area (Å²) in [5.74, 6) is 0.103. The first-order valence-electron chi connectivity index (χ1n) is 9.31. The summed E-state index contributed by atoms with van der Waals surface area (Å²) < 4.78 is 5.50. The highest BCUT2D eigenvalue weighted by Crippen LogP contribution is 2.44. The van der Waals surface area contributed by atoms with Gasteiger partial charge in [-0.15, -0.1) is 0 Å². The lowest BCUT2D eigenvalue weighted by Crippen LogP contribution is -2.29. The Hall–Kier alpha value is -2.37. The molecule has 0 spiro atoms. The molecule has 2 aromatic rings. The first kappa shape index (κ1) is 18.4. The van der Waals surface area contributed by atoms with Crippen LogP contribution in [0.15, 0.2) is 48.5 Å². The van der Waals surface area contributed by atoms with E-state index in [1.54, 1.807) is 0 Å². The third-order valence-electron chi connectivity index (χ3n) is 4.70. The third kappa shape index (κ3) is 4.42. The standard InChI is InChI=1S/C21H27N3O2/c22-11-5-12-23-13-6-14-24-21(25)26-15-20-18-9-3-1-7-16(18)17-8-2-4-10-19(17)20/h1-4,7-10,20,23H,5-6,11-15,22H2,(H,24,25). The smallest absolute Gasteiger partial charge is 0.407 e. The van der Waals surface area contributed by atoms with Gasteiger partial charge >= 0.3 is 6.09 Å². The molecule has 1 aliphatic carbocycles. The van der Waals surface area contributed by atoms with E-state index in [1.165, 1.54) is 22.3 Å². The molecule has 0 unspecified atom stereocenters. The van der Waals surface area contributed by atoms with Gasteiger partial charge in [0, 0.05) is 12.5 Å². The van der Waals surface area contributed by atoms with Gasteiger partial charge in [-0.2, -0.15) is 0 Å². The normalized spacial score (nSPS) is 12.5. The number of amides is 1. The second kappa shape index (κ2) is 9.36. The molecular formula is C21H27N3O2. The van der Waals surface area contributed by atoms with Crippen LogP contribution in [-0.4, -0.2) is 38.9 Å². The fourth-order valence-corrected chi connectivity index (χ4v) is 3.41. The molecule has 1 amide bonds. The summed E-state index contributed by atoms with van der Waals surface area (Å²) in [5, 5.41) is 6.11. The van der Waals surface area contributed by atoms with Gasteiger partial charge in [-0.3, -0.25) is 0 Å². The minimum atomic E-state index is -0.353. The maximum absolute atomic E-state index is 12.0. The molecule has 26 heavy (non-hydrogen) atoms. The summed E-state index contributed by atoms with van der Waals surface area (Å²) in [7, 11) is 0. The van der Waals surface area contributed by atoms with E-state index in [9.17, 15) is 4.79 Å². The Morgan fingerprint density at radius 3 is 2.19 bits per heavy atom. The van der Waals surface area contributed by atoms with Crippen LogP contribution in [0.1, 0.15) is 29.9 Å². The van der Waals surface area contributed by atoms with Crippen molar-refractivity contribution in [2.75, 3.05) is 32.8 Å². The Labute approximate surface area is 154 Å². The molecule has 0 atom stereocenters. The number of ether oxygens (including phenoxy) is 1. The number of nitrogens with one attached hydrogen (secondary N) is 2. The lowest BCUT2D eigenvalue weighted by molar-refractivity contribution is 0.143. The summed E-state index contributed by atoms with van der Waals surface area (Å²) in [6.45, 7) is 3.44. The predicted octanol–water partition coefficient (Wildman–Crippen LogP) is 2.85. The molecular weight excluding hydrogens is 326 g/mol. The van der Waals surface area contributed by atoms with Gasteiger partial charge < -0.3 is 21.1 Å². The summed E-state index contributed by atoms with van der Waals surface area (Å²) in [6, 6.07) is 16.7. The van der Waals surface area contributed by atoms with Crippen molar-refractivity contribution in [1.29, 1.82) is 0 Å². The molecule has 5 nitrogen and oxygen atoms in total. The van der Waals surface area contributed by atoms with Crippen LogP contribution in [0.5, 0.6) is 0 Å². The van der Waals surface area contributed by atoms with E-state index in [1.807, 2.05) is 24.3 Å². The molecule has 0 bridgehead atoms. The quantitative estimate of drug-likeness (QED) is 0.606. The van der Waals surface area contributed by atoms with Crippen molar-refractivity contribution in [3.05, 3.63) is 59.7 Å². The van der Waals surface area contributed by atoms with Crippen LogP contribution < -0.4 is 16.4 Å². The Kier molecular flexibility index (Phi) is 6.63. The van der Waals surface area contributed by atoms with E-state index in [4.69, 9.17) is 10.5 Å². The molecule has 4 N–H and O–H groups in total. The van der Waals surface area contributed by atoms with Crippen LogP contribution >= 0.6 is 0 Å². The molecule has 0 aromatic heterocycles. The van der Waals surface area contributed by atoms with E-state index in [-0.39, 0.29) is 12.0 Å². The molecule has 0 saturated heterocycles. The maximum Gasteiger partial charge on any atom is 0.407 e.